The van der Waals surface area contributed by atoms with Gasteiger partial charge < -0.3 is 10.2 Å². The van der Waals surface area contributed by atoms with Crippen LogP contribution in [0.3, 0.4) is 0 Å². The molecule has 0 aromatic heterocycles. The number of nitrogens with zero attached hydrogens (tertiary/aromatic N) is 1. The van der Waals surface area contributed by atoms with E-state index >= 15 is 0 Å². The second-order valence-electron chi connectivity index (χ2n) is 2.81. The van der Waals surface area contributed by atoms with E-state index in [1.807, 2.05) is 6.92 Å². The molecule has 1 aromatic rings. The minimum absolute atomic E-state index is 0.331. The highest BCUT2D eigenvalue weighted by molar-refractivity contribution is 5.98. The van der Waals surface area contributed by atoms with Crippen molar-refractivity contribution in [1.29, 1.82) is 0 Å². The molecule has 82 valence electrons. The Morgan fingerprint density at radius 3 is 2.80 bits per heavy atom. The van der Waals surface area contributed by atoms with E-state index in [2.05, 4.69) is 10.4 Å². The second kappa shape index (κ2) is 5.31. The molecular weight excluding hydrogens is 197 g/mol. The van der Waals surface area contributed by atoms with Gasteiger partial charge in [0, 0.05) is 12.6 Å². The second-order valence-corrected chi connectivity index (χ2v) is 2.81. The number of nitrogens with one attached hydrogen (secondary N) is 1. The number of rotatable bonds is 3. The summed E-state index contributed by atoms with van der Waals surface area (Å²) in [7, 11) is 1.48. The Morgan fingerprint density at radius 1 is 1.60 bits per heavy atom. The summed E-state index contributed by atoms with van der Waals surface area (Å²) < 4.78 is 18.4. The summed E-state index contributed by atoms with van der Waals surface area (Å²) in [5.41, 5.74) is 2.70. The lowest BCUT2D eigenvalue weighted by molar-refractivity contribution is 0.411. The monoisotopic (exact) mass is 211 g/mol. The Balaban J connectivity index is 3.09. The van der Waals surface area contributed by atoms with E-state index in [9.17, 15) is 4.39 Å². The molecule has 1 rings (SSSR count). The first-order valence-electron chi connectivity index (χ1n) is 4.58. The van der Waals surface area contributed by atoms with Gasteiger partial charge >= 0.3 is 0 Å². The topological polar surface area (TPSA) is 59.6 Å². The van der Waals surface area contributed by atoms with Crippen LogP contribution in [-0.4, -0.2) is 19.5 Å². The fourth-order valence-corrected chi connectivity index (χ4v) is 1.18. The number of hydrazine groups is 1. The van der Waals surface area contributed by atoms with E-state index in [4.69, 9.17) is 10.6 Å². The molecule has 0 saturated heterocycles. The van der Waals surface area contributed by atoms with Gasteiger partial charge in [0.2, 0.25) is 0 Å². The van der Waals surface area contributed by atoms with Crippen LogP contribution >= 0.6 is 0 Å². The molecular formula is C10H14FN3O. The van der Waals surface area contributed by atoms with Crippen LogP contribution in [-0.2, 0) is 0 Å². The Hall–Kier alpha value is -1.62. The van der Waals surface area contributed by atoms with Gasteiger partial charge in [-0.25, -0.2) is 10.2 Å². The fourth-order valence-electron chi connectivity index (χ4n) is 1.18. The summed E-state index contributed by atoms with van der Waals surface area (Å²) in [6.45, 7) is 2.38. The number of benzene rings is 1. The minimum Gasteiger partial charge on any atom is -0.497 e. The molecule has 0 aliphatic heterocycles. The molecule has 0 aliphatic carbocycles. The van der Waals surface area contributed by atoms with Crippen LogP contribution < -0.4 is 16.0 Å². The zero-order valence-electron chi connectivity index (χ0n) is 8.75. The summed E-state index contributed by atoms with van der Waals surface area (Å²) in [4.78, 5) is 4.03. The number of hydrogen-bond donors (Lipinski definition) is 2. The molecule has 0 amide bonds. The molecule has 0 aliphatic rings. The number of aliphatic imine (C=N–C) groups is 1. The first-order chi connectivity index (χ1) is 7.22. The van der Waals surface area contributed by atoms with Crippen molar-refractivity contribution in [2.45, 2.75) is 6.92 Å². The zero-order chi connectivity index (χ0) is 11.3. The van der Waals surface area contributed by atoms with E-state index in [1.54, 1.807) is 12.1 Å². The highest BCUT2D eigenvalue weighted by Crippen LogP contribution is 2.16. The van der Waals surface area contributed by atoms with Crippen molar-refractivity contribution in [3.63, 3.8) is 0 Å². The van der Waals surface area contributed by atoms with Crippen molar-refractivity contribution in [3.8, 4) is 5.75 Å². The van der Waals surface area contributed by atoms with Gasteiger partial charge in [0.1, 0.15) is 17.4 Å². The molecule has 5 heteroatoms. The first-order valence-corrected chi connectivity index (χ1v) is 4.58. The first kappa shape index (κ1) is 11.5. The quantitative estimate of drug-likeness (QED) is 0.340. The van der Waals surface area contributed by atoms with E-state index < -0.39 is 5.82 Å². The average molecular weight is 211 g/mol. The van der Waals surface area contributed by atoms with Gasteiger partial charge in [-0.2, -0.15) is 0 Å². The minimum atomic E-state index is -0.417. The fraction of sp³-hybridized carbons (Fsp3) is 0.300. The molecule has 0 fully saturated rings. The summed E-state index contributed by atoms with van der Waals surface area (Å²) in [6.07, 6.45) is 0. The maximum Gasteiger partial charge on any atom is 0.145 e. The van der Waals surface area contributed by atoms with Crippen molar-refractivity contribution in [2.75, 3.05) is 13.7 Å². The standard InChI is InChI=1S/C10H14FN3O/c1-3-13-10(14-12)8-5-4-7(15-2)6-9(8)11/h4-6H,3,12H2,1-2H3,(H,13,14). The van der Waals surface area contributed by atoms with Crippen molar-refractivity contribution >= 4 is 5.84 Å². The van der Waals surface area contributed by atoms with Crippen LogP contribution in [0, 0.1) is 5.82 Å². The highest BCUT2D eigenvalue weighted by atomic mass is 19.1. The predicted molar refractivity (Wildman–Crippen MR) is 57.4 cm³/mol. The average Bonchev–Trinajstić information content (AvgIpc) is 2.26. The normalized spacial score (nSPS) is 11.3. The summed E-state index contributed by atoms with van der Waals surface area (Å²) in [6, 6.07) is 4.52. The predicted octanol–water partition coefficient (Wildman–Crippen LogP) is 1.06. The van der Waals surface area contributed by atoms with Crippen molar-refractivity contribution in [1.82, 2.24) is 5.43 Å². The molecule has 0 atom stereocenters. The van der Waals surface area contributed by atoms with E-state index in [1.165, 1.54) is 13.2 Å². The van der Waals surface area contributed by atoms with Crippen LogP contribution in [0.4, 0.5) is 4.39 Å². The van der Waals surface area contributed by atoms with E-state index in [0.717, 1.165) is 0 Å². The van der Waals surface area contributed by atoms with Crippen LogP contribution in [0.1, 0.15) is 12.5 Å². The van der Waals surface area contributed by atoms with Gasteiger partial charge in [-0.3, -0.25) is 4.99 Å². The molecule has 0 heterocycles. The van der Waals surface area contributed by atoms with Gasteiger partial charge in [0.15, 0.2) is 0 Å². The van der Waals surface area contributed by atoms with E-state index in [-0.39, 0.29) is 0 Å². The Bertz CT molecular complexity index is 366. The third kappa shape index (κ3) is 2.66. The van der Waals surface area contributed by atoms with Gasteiger partial charge in [-0.15, -0.1) is 0 Å². The number of amidine groups is 1. The number of nitrogens with two attached hydrogens (primary N) is 1. The lowest BCUT2D eigenvalue weighted by atomic mass is 10.2. The molecule has 4 nitrogen and oxygen atoms in total. The Morgan fingerprint density at radius 2 is 2.33 bits per heavy atom. The van der Waals surface area contributed by atoms with Crippen molar-refractivity contribution < 1.29 is 9.13 Å². The van der Waals surface area contributed by atoms with Crippen LogP contribution in [0.25, 0.3) is 0 Å². The number of methoxy groups -OCH3 is 1. The van der Waals surface area contributed by atoms with Gasteiger partial charge in [0.05, 0.1) is 12.7 Å². The van der Waals surface area contributed by atoms with Crippen LogP contribution in [0.15, 0.2) is 23.2 Å². The van der Waals surface area contributed by atoms with Crippen molar-refractivity contribution in [2.24, 2.45) is 10.8 Å². The lowest BCUT2D eigenvalue weighted by Gasteiger charge is -2.07. The summed E-state index contributed by atoms with van der Waals surface area (Å²) in [5, 5.41) is 0. The Labute approximate surface area is 87.9 Å². The van der Waals surface area contributed by atoms with E-state index in [0.29, 0.717) is 23.7 Å². The van der Waals surface area contributed by atoms with Gasteiger partial charge in [-0.05, 0) is 19.1 Å². The molecule has 15 heavy (non-hydrogen) atoms. The molecule has 0 radical (unpaired) electrons. The third-order valence-corrected chi connectivity index (χ3v) is 1.88. The van der Waals surface area contributed by atoms with Crippen LogP contribution in [0.2, 0.25) is 0 Å². The zero-order valence-corrected chi connectivity index (χ0v) is 8.75. The largest absolute Gasteiger partial charge is 0.497 e. The smallest absolute Gasteiger partial charge is 0.145 e. The van der Waals surface area contributed by atoms with Crippen molar-refractivity contribution in [3.05, 3.63) is 29.6 Å². The molecule has 0 bridgehead atoms. The third-order valence-electron chi connectivity index (χ3n) is 1.88. The van der Waals surface area contributed by atoms with Gasteiger partial charge in [0.25, 0.3) is 0 Å². The summed E-state index contributed by atoms with van der Waals surface area (Å²) in [5.74, 6) is 5.63. The Kier molecular flexibility index (Phi) is 4.05. The van der Waals surface area contributed by atoms with Gasteiger partial charge in [-0.1, -0.05) is 0 Å². The van der Waals surface area contributed by atoms with Crippen LogP contribution in [0.5, 0.6) is 5.75 Å². The summed E-state index contributed by atoms with van der Waals surface area (Å²) >= 11 is 0. The maximum atomic E-state index is 13.5. The molecule has 0 unspecified atom stereocenters. The SMILES string of the molecule is CCN=C(NN)c1ccc(OC)cc1F. The number of halogens is 1. The highest BCUT2D eigenvalue weighted by Gasteiger charge is 2.08. The molecule has 0 saturated carbocycles. The maximum absolute atomic E-state index is 13.5. The number of hydrogen-bond acceptors (Lipinski definition) is 3. The molecule has 1 aromatic carbocycles. The lowest BCUT2D eigenvalue weighted by Crippen LogP contribution is -2.32. The molecule has 0 spiro atoms. The number of ether oxygens (including phenoxy) is 1. The molecule has 3 N–H and O–H groups in total.